The third kappa shape index (κ3) is 4.18. The summed E-state index contributed by atoms with van der Waals surface area (Å²) in [6.07, 6.45) is 20.1. The Bertz CT molecular complexity index is 934. The van der Waals surface area contributed by atoms with Gasteiger partial charge in [0, 0.05) is 12.7 Å². The maximum absolute atomic E-state index is 11.4. The summed E-state index contributed by atoms with van der Waals surface area (Å²) < 4.78 is 2.01. The number of aliphatic hydroxyl groups is 1. The first-order valence-electron chi connectivity index (χ1n) is 14.9. The number of hydrogen-bond donors (Lipinski definition) is 1. The molecule has 0 amide bonds. The molecule has 0 radical (unpaired) electrons. The van der Waals surface area contributed by atoms with Gasteiger partial charge in [0.1, 0.15) is 6.07 Å². The first-order chi connectivity index (χ1) is 16.8. The molecule has 1 aromatic heterocycles. The van der Waals surface area contributed by atoms with E-state index in [4.69, 9.17) is 0 Å². The van der Waals surface area contributed by atoms with Crippen molar-refractivity contribution in [3.05, 3.63) is 18.0 Å². The van der Waals surface area contributed by atoms with Gasteiger partial charge in [0.05, 0.1) is 17.4 Å². The van der Waals surface area contributed by atoms with Crippen molar-refractivity contribution in [2.24, 2.45) is 46.3 Å². The van der Waals surface area contributed by atoms with Crippen LogP contribution in [0, 0.1) is 57.7 Å². The Hall–Kier alpha value is -1.34. The van der Waals surface area contributed by atoms with E-state index in [0.29, 0.717) is 22.3 Å². The zero-order valence-corrected chi connectivity index (χ0v) is 22.8. The first-order valence-corrected chi connectivity index (χ1v) is 14.9. The van der Waals surface area contributed by atoms with Gasteiger partial charge in [-0.15, -0.1) is 0 Å². The lowest BCUT2D eigenvalue weighted by molar-refractivity contribution is -0.164. The van der Waals surface area contributed by atoms with E-state index >= 15 is 0 Å². The van der Waals surface area contributed by atoms with E-state index in [2.05, 4.69) is 38.9 Å². The third-order valence-electron chi connectivity index (χ3n) is 11.9. The van der Waals surface area contributed by atoms with Crippen molar-refractivity contribution in [1.82, 2.24) is 9.78 Å². The van der Waals surface area contributed by atoms with E-state index in [0.717, 1.165) is 61.8 Å². The van der Waals surface area contributed by atoms with Gasteiger partial charge in [-0.2, -0.15) is 10.4 Å². The van der Waals surface area contributed by atoms with Crippen molar-refractivity contribution in [3.8, 4) is 6.07 Å². The van der Waals surface area contributed by atoms with E-state index in [-0.39, 0.29) is 0 Å². The van der Waals surface area contributed by atoms with Gasteiger partial charge in [-0.05, 0) is 117 Å². The van der Waals surface area contributed by atoms with Gasteiger partial charge in [0.25, 0.3) is 0 Å². The third-order valence-corrected chi connectivity index (χ3v) is 11.9. The molecule has 0 spiro atoms. The second-order valence-electron chi connectivity index (χ2n) is 13.6. The Morgan fingerprint density at radius 2 is 1.89 bits per heavy atom. The lowest BCUT2D eigenvalue weighted by Crippen LogP contribution is -2.57. The average Bonchev–Trinajstić information content (AvgIpc) is 3.43. The van der Waals surface area contributed by atoms with Gasteiger partial charge in [-0.1, -0.05) is 40.5 Å². The molecule has 1 N–H and O–H groups in total. The van der Waals surface area contributed by atoms with Crippen molar-refractivity contribution in [3.63, 3.8) is 0 Å². The van der Waals surface area contributed by atoms with Crippen LogP contribution in [0.4, 0.5) is 0 Å². The highest BCUT2D eigenvalue weighted by molar-refractivity contribution is 5.21. The van der Waals surface area contributed by atoms with Crippen LogP contribution in [0.25, 0.3) is 0 Å². The van der Waals surface area contributed by atoms with Gasteiger partial charge < -0.3 is 5.11 Å². The molecular formula is C31H49N3O. The van der Waals surface area contributed by atoms with Crippen molar-refractivity contribution in [1.29, 1.82) is 5.26 Å². The molecule has 194 valence electrons. The Kier molecular flexibility index (Phi) is 6.88. The molecule has 4 aliphatic carbocycles. The van der Waals surface area contributed by atoms with Crippen LogP contribution in [0.3, 0.4) is 0 Å². The Morgan fingerprint density at radius 3 is 2.60 bits per heavy atom. The van der Waals surface area contributed by atoms with Gasteiger partial charge in [0.2, 0.25) is 0 Å². The quantitative estimate of drug-likeness (QED) is 0.444. The maximum atomic E-state index is 11.4. The van der Waals surface area contributed by atoms with Crippen LogP contribution in [-0.2, 0) is 6.54 Å². The molecule has 4 heteroatoms. The summed E-state index contributed by atoms with van der Waals surface area (Å²) >= 11 is 0. The van der Waals surface area contributed by atoms with Crippen LogP contribution in [0.15, 0.2) is 12.4 Å². The van der Waals surface area contributed by atoms with Gasteiger partial charge in [-0.3, -0.25) is 4.68 Å². The van der Waals surface area contributed by atoms with Crippen LogP contribution < -0.4 is 0 Å². The summed E-state index contributed by atoms with van der Waals surface area (Å²) in [5.41, 5.74) is 1.22. The molecule has 4 saturated carbocycles. The molecule has 9 atom stereocenters. The van der Waals surface area contributed by atoms with Crippen LogP contribution in [0.2, 0.25) is 0 Å². The number of nitrogens with zero attached hydrogens (tertiary/aromatic N) is 3. The number of aromatic nitrogens is 2. The SMILES string of the molecule is CCC[C@@]1(O)CC[C@@]2(CCC)[C@H](CC[C@H]3[C@@H]4CC[C@H]([C@H](C)Cn5cc(C#N)cn5)[C@@]4(C)CC[C@@H]32)C1. The first kappa shape index (κ1) is 25.3. The van der Waals surface area contributed by atoms with E-state index < -0.39 is 5.60 Å². The number of hydrogen-bond acceptors (Lipinski definition) is 3. The molecule has 0 aromatic carbocycles. The van der Waals surface area contributed by atoms with E-state index in [9.17, 15) is 10.4 Å². The molecule has 1 heterocycles. The minimum Gasteiger partial charge on any atom is -0.390 e. The Balaban J connectivity index is 1.34. The topological polar surface area (TPSA) is 61.8 Å². The molecule has 0 aliphatic heterocycles. The summed E-state index contributed by atoms with van der Waals surface area (Å²) in [6.45, 7) is 10.6. The van der Waals surface area contributed by atoms with Gasteiger partial charge >= 0.3 is 0 Å². The molecule has 35 heavy (non-hydrogen) atoms. The van der Waals surface area contributed by atoms with Crippen LogP contribution in [-0.4, -0.2) is 20.5 Å². The van der Waals surface area contributed by atoms with Crippen molar-refractivity contribution < 1.29 is 5.11 Å². The molecule has 4 aliphatic rings. The number of nitriles is 1. The molecule has 0 bridgehead atoms. The minimum atomic E-state index is -0.390. The summed E-state index contributed by atoms with van der Waals surface area (Å²) in [7, 11) is 0. The summed E-state index contributed by atoms with van der Waals surface area (Å²) in [4.78, 5) is 0. The standard InChI is InChI=1S/C31H49N3O/c1-5-12-30(35)15-16-31(13-6-2)24(17-30)7-8-25-27-10-9-26(29(27,4)14-11-28(25)31)22(3)20-34-21-23(18-32)19-33-34/h19,21-22,24-28,35H,5-17,20H2,1-4H3/t22-,24-,25+,26-,27+,28+,29-,30-,31+/m1/s1. The minimum absolute atomic E-state index is 0.390. The van der Waals surface area contributed by atoms with Crippen LogP contribution in [0.1, 0.15) is 117 Å². The van der Waals surface area contributed by atoms with E-state index in [1.54, 1.807) is 6.20 Å². The van der Waals surface area contributed by atoms with E-state index in [1.807, 2.05) is 10.9 Å². The van der Waals surface area contributed by atoms with Crippen molar-refractivity contribution >= 4 is 0 Å². The largest absolute Gasteiger partial charge is 0.390 e. The summed E-state index contributed by atoms with van der Waals surface area (Å²) in [6, 6.07) is 2.22. The fraction of sp³-hybridized carbons (Fsp3) is 0.871. The molecule has 4 nitrogen and oxygen atoms in total. The fourth-order valence-electron chi connectivity index (χ4n) is 10.7. The normalized spacial score (nSPS) is 43.6. The molecule has 4 fully saturated rings. The second-order valence-corrected chi connectivity index (χ2v) is 13.6. The summed E-state index contributed by atoms with van der Waals surface area (Å²) in [5.74, 6) is 4.72. The molecular weight excluding hydrogens is 430 g/mol. The number of fused-ring (bicyclic) bond motifs is 5. The predicted octanol–water partition coefficient (Wildman–Crippen LogP) is 7.36. The van der Waals surface area contributed by atoms with Crippen LogP contribution in [0.5, 0.6) is 0 Å². The van der Waals surface area contributed by atoms with E-state index in [1.165, 1.54) is 57.8 Å². The maximum Gasteiger partial charge on any atom is 0.102 e. The average molecular weight is 480 g/mol. The number of rotatable bonds is 7. The second kappa shape index (κ2) is 9.51. The highest BCUT2D eigenvalue weighted by Crippen LogP contribution is 2.70. The molecule has 0 unspecified atom stereocenters. The van der Waals surface area contributed by atoms with Crippen molar-refractivity contribution in [2.75, 3.05) is 0 Å². The summed E-state index contributed by atoms with van der Waals surface area (Å²) in [5, 5.41) is 25.0. The Labute approximate surface area is 213 Å². The highest BCUT2D eigenvalue weighted by Gasteiger charge is 2.62. The lowest BCUT2D eigenvalue weighted by atomic mass is 9.42. The zero-order valence-electron chi connectivity index (χ0n) is 22.8. The highest BCUT2D eigenvalue weighted by atomic mass is 16.3. The Morgan fingerprint density at radius 1 is 1.09 bits per heavy atom. The molecule has 5 rings (SSSR count). The monoisotopic (exact) mass is 479 g/mol. The van der Waals surface area contributed by atoms with Crippen LogP contribution >= 0.6 is 0 Å². The molecule has 0 saturated heterocycles. The van der Waals surface area contributed by atoms with Gasteiger partial charge in [0.15, 0.2) is 0 Å². The van der Waals surface area contributed by atoms with Crippen molar-refractivity contribution in [2.45, 2.75) is 123 Å². The lowest BCUT2D eigenvalue weighted by Gasteiger charge is -2.63. The molecule has 1 aromatic rings. The zero-order chi connectivity index (χ0) is 24.8. The fourth-order valence-corrected chi connectivity index (χ4v) is 10.7. The van der Waals surface area contributed by atoms with Gasteiger partial charge in [-0.25, -0.2) is 0 Å². The predicted molar refractivity (Wildman–Crippen MR) is 140 cm³/mol. The smallest absolute Gasteiger partial charge is 0.102 e.